The summed E-state index contributed by atoms with van der Waals surface area (Å²) in [4.78, 5) is 9.06. The third-order valence-electron chi connectivity index (χ3n) is 5.19. The molecule has 3 rings (SSSR count). The maximum atomic E-state index is 5.39. The van der Waals surface area contributed by atoms with E-state index in [-0.39, 0.29) is 0 Å². The van der Waals surface area contributed by atoms with Gasteiger partial charge in [-0.1, -0.05) is 30.3 Å². The number of nitrogens with one attached hydrogen (secondary N) is 2. The topological polar surface area (TPSA) is 72.7 Å². The lowest BCUT2D eigenvalue weighted by molar-refractivity contribution is 0.354. The van der Waals surface area contributed by atoms with E-state index in [2.05, 4.69) is 57.4 Å². The molecular formula is C25H33N5O2. The number of methoxy groups -OCH3 is 2. The van der Waals surface area contributed by atoms with Crippen molar-refractivity contribution < 1.29 is 9.47 Å². The summed E-state index contributed by atoms with van der Waals surface area (Å²) in [5.74, 6) is 3.31. The van der Waals surface area contributed by atoms with Gasteiger partial charge in [0.1, 0.15) is 5.82 Å². The quantitative estimate of drug-likeness (QED) is 0.376. The lowest BCUT2D eigenvalue weighted by Crippen LogP contribution is -2.38. The lowest BCUT2D eigenvalue weighted by Gasteiger charge is -2.13. The molecule has 3 aromatic rings. The first-order valence-electron chi connectivity index (χ1n) is 10.9. The number of hydrogen-bond acceptors (Lipinski definition) is 4. The minimum absolute atomic E-state index is 0.614. The Balaban J connectivity index is 1.58. The number of aliphatic imine (C=N–C) groups is 1. The number of nitrogens with zero attached hydrogens (tertiary/aromatic N) is 3. The molecule has 0 aliphatic rings. The molecule has 0 aliphatic heterocycles. The van der Waals surface area contributed by atoms with Gasteiger partial charge in [-0.15, -0.1) is 0 Å². The van der Waals surface area contributed by atoms with Gasteiger partial charge in [0, 0.05) is 32.0 Å². The number of guanidine groups is 1. The van der Waals surface area contributed by atoms with Crippen LogP contribution in [0.1, 0.15) is 29.4 Å². The van der Waals surface area contributed by atoms with Crippen LogP contribution >= 0.6 is 0 Å². The van der Waals surface area contributed by atoms with Gasteiger partial charge in [-0.05, 0) is 49.1 Å². The number of aromatic nitrogens is 2. The summed E-state index contributed by atoms with van der Waals surface area (Å²) < 4.78 is 12.8. The first-order chi connectivity index (χ1) is 15.6. The SMILES string of the molecule is CCNC(=NCc1cccc(Cn2ccnc2C)c1)NCCc1ccc(OC)c(OC)c1. The zero-order chi connectivity index (χ0) is 22.8. The predicted octanol–water partition coefficient (Wildman–Crippen LogP) is 3.55. The van der Waals surface area contributed by atoms with Gasteiger partial charge in [-0.25, -0.2) is 9.98 Å². The van der Waals surface area contributed by atoms with Crippen molar-refractivity contribution in [3.63, 3.8) is 0 Å². The van der Waals surface area contributed by atoms with Gasteiger partial charge in [0.25, 0.3) is 0 Å². The fourth-order valence-corrected chi connectivity index (χ4v) is 3.47. The van der Waals surface area contributed by atoms with Crippen LogP contribution in [0.3, 0.4) is 0 Å². The summed E-state index contributed by atoms with van der Waals surface area (Å²) in [6.07, 6.45) is 4.69. The molecule has 0 unspecified atom stereocenters. The van der Waals surface area contributed by atoms with Gasteiger partial charge in [0.15, 0.2) is 17.5 Å². The molecule has 0 saturated carbocycles. The molecule has 32 heavy (non-hydrogen) atoms. The zero-order valence-corrected chi connectivity index (χ0v) is 19.4. The second-order valence-corrected chi connectivity index (χ2v) is 7.48. The van der Waals surface area contributed by atoms with E-state index in [1.807, 2.05) is 31.5 Å². The molecule has 0 spiro atoms. The van der Waals surface area contributed by atoms with Crippen LogP contribution in [0.15, 0.2) is 59.9 Å². The van der Waals surface area contributed by atoms with Crippen molar-refractivity contribution in [2.45, 2.75) is 33.4 Å². The molecule has 0 fully saturated rings. The third-order valence-corrected chi connectivity index (χ3v) is 5.19. The number of ether oxygens (including phenoxy) is 2. The van der Waals surface area contributed by atoms with Crippen LogP contribution in [0, 0.1) is 6.92 Å². The summed E-state index contributed by atoms with van der Waals surface area (Å²) in [5, 5.41) is 6.74. The Morgan fingerprint density at radius 2 is 1.81 bits per heavy atom. The summed E-state index contributed by atoms with van der Waals surface area (Å²) in [5.41, 5.74) is 3.59. The minimum Gasteiger partial charge on any atom is -0.493 e. The van der Waals surface area contributed by atoms with Crippen molar-refractivity contribution in [1.82, 2.24) is 20.2 Å². The van der Waals surface area contributed by atoms with E-state index < -0.39 is 0 Å². The van der Waals surface area contributed by atoms with Gasteiger partial charge < -0.3 is 24.7 Å². The standard InChI is InChI=1S/C25H33N5O2/c1-5-26-25(28-12-11-20-9-10-23(31-3)24(16-20)32-4)29-17-21-7-6-8-22(15-21)18-30-14-13-27-19(30)2/h6-10,13-16H,5,11-12,17-18H2,1-4H3,(H2,26,28,29). The molecule has 0 bridgehead atoms. The maximum Gasteiger partial charge on any atom is 0.191 e. The highest BCUT2D eigenvalue weighted by Crippen LogP contribution is 2.27. The molecule has 0 aliphatic carbocycles. The van der Waals surface area contributed by atoms with Crippen LogP contribution < -0.4 is 20.1 Å². The average Bonchev–Trinajstić information content (AvgIpc) is 3.21. The molecule has 0 saturated heterocycles. The molecule has 0 amide bonds. The van der Waals surface area contributed by atoms with E-state index in [1.54, 1.807) is 14.2 Å². The van der Waals surface area contributed by atoms with Crippen LogP contribution in [0.2, 0.25) is 0 Å². The molecule has 7 heteroatoms. The van der Waals surface area contributed by atoms with Crippen molar-refractivity contribution in [3.8, 4) is 11.5 Å². The Hall–Kier alpha value is -3.48. The van der Waals surface area contributed by atoms with E-state index in [9.17, 15) is 0 Å². The summed E-state index contributed by atoms with van der Waals surface area (Å²) in [6.45, 7) is 7.09. The molecule has 7 nitrogen and oxygen atoms in total. The van der Waals surface area contributed by atoms with Gasteiger partial charge >= 0.3 is 0 Å². The molecule has 0 atom stereocenters. The van der Waals surface area contributed by atoms with E-state index in [0.717, 1.165) is 49.3 Å². The molecule has 2 aromatic carbocycles. The van der Waals surface area contributed by atoms with Gasteiger partial charge in [-0.3, -0.25) is 0 Å². The van der Waals surface area contributed by atoms with E-state index in [0.29, 0.717) is 6.54 Å². The normalized spacial score (nSPS) is 11.3. The molecular weight excluding hydrogens is 402 g/mol. The Morgan fingerprint density at radius 3 is 2.53 bits per heavy atom. The molecule has 2 N–H and O–H groups in total. The van der Waals surface area contributed by atoms with Crippen LogP contribution in [0.25, 0.3) is 0 Å². The summed E-state index contributed by atoms with van der Waals surface area (Å²) >= 11 is 0. The van der Waals surface area contributed by atoms with Gasteiger partial charge in [0.05, 0.1) is 20.8 Å². The van der Waals surface area contributed by atoms with Crippen molar-refractivity contribution in [1.29, 1.82) is 0 Å². The second kappa shape index (κ2) is 11.8. The highest BCUT2D eigenvalue weighted by atomic mass is 16.5. The van der Waals surface area contributed by atoms with Gasteiger partial charge in [0.2, 0.25) is 0 Å². The highest BCUT2D eigenvalue weighted by Gasteiger charge is 2.05. The van der Waals surface area contributed by atoms with Crippen LogP contribution in [0.4, 0.5) is 0 Å². The van der Waals surface area contributed by atoms with Crippen LogP contribution in [-0.4, -0.2) is 42.8 Å². The predicted molar refractivity (Wildman–Crippen MR) is 129 cm³/mol. The average molecular weight is 436 g/mol. The summed E-state index contributed by atoms with van der Waals surface area (Å²) in [7, 11) is 3.30. The third kappa shape index (κ3) is 6.51. The number of aryl methyl sites for hydroxylation is 1. The Kier molecular flexibility index (Phi) is 8.54. The van der Waals surface area contributed by atoms with Crippen LogP contribution in [-0.2, 0) is 19.5 Å². The van der Waals surface area contributed by atoms with Crippen LogP contribution in [0.5, 0.6) is 11.5 Å². The number of rotatable bonds is 10. The Labute approximate surface area is 190 Å². The molecule has 1 heterocycles. The minimum atomic E-state index is 0.614. The monoisotopic (exact) mass is 435 g/mol. The van der Waals surface area contributed by atoms with Crippen molar-refractivity contribution in [3.05, 3.63) is 77.4 Å². The first-order valence-corrected chi connectivity index (χ1v) is 10.9. The molecule has 170 valence electrons. The van der Waals surface area contributed by atoms with Crippen molar-refractivity contribution in [2.24, 2.45) is 4.99 Å². The Bertz CT molecular complexity index is 1030. The van der Waals surface area contributed by atoms with E-state index in [1.165, 1.54) is 16.7 Å². The zero-order valence-electron chi connectivity index (χ0n) is 19.4. The van der Waals surface area contributed by atoms with Gasteiger partial charge in [-0.2, -0.15) is 0 Å². The van der Waals surface area contributed by atoms with Crippen molar-refractivity contribution in [2.75, 3.05) is 27.3 Å². The second-order valence-electron chi connectivity index (χ2n) is 7.48. The fraction of sp³-hybridized carbons (Fsp3) is 0.360. The fourth-order valence-electron chi connectivity index (χ4n) is 3.47. The lowest BCUT2D eigenvalue weighted by atomic mass is 10.1. The highest BCUT2D eigenvalue weighted by molar-refractivity contribution is 5.79. The Morgan fingerprint density at radius 1 is 1.00 bits per heavy atom. The molecule has 0 radical (unpaired) electrons. The number of benzene rings is 2. The number of imidazole rings is 1. The van der Waals surface area contributed by atoms with E-state index >= 15 is 0 Å². The van der Waals surface area contributed by atoms with E-state index in [4.69, 9.17) is 14.5 Å². The maximum absolute atomic E-state index is 5.39. The smallest absolute Gasteiger partial charge is 0.191 e. The van der Waals surface area contributed by atoms with Crippen molar-refractivity contribution >= 4 is 5.96 Å². The number of hydrogen-bond donors (Lipinski definition) is 2. The summed E-state index contributed by atoms with van der Waals surface area (Å²) in [6, 6.07) is 14.5. The molecule has 1 aromatic heterocycles. The largest absolute Gasteiger partial charge is 0.493 e. The first kappa shape index (κ1) is 23.2.